The van der Waals surface area contributed by atoms with E-state index in [0.29, 0.717) is 21.7 Å². The summed E-state index contributed by atoms with van der Waals surface area (Å²) in [5.74, 6) is 22.6. The van der Waals surface area contributed by atoms with Crippen LogP contribution >= 0.6 is 0 Å². The molecule has 0 aromatic heterocycles. The molecule has 23 aliphatic rings. The highest BCUT2D eigenvalue weighted by Crippen LogP contribution is 2.81. The van der Waals surface area contributed by atoms with Gasteiger partial charge in [-0.05, 0) is 362 Å². The van der Waals surface area contributed by atoms with Gasteiger partial charge in [0.25, 0.3) is 0 Å². The number of fused-ring (bicyclic) bond motifs is 6. The van der Waals surface area contributed by atoms with Crippen molar-refractivity contribution in [3.8, 4) is 34.6 Å². The lowest BCUT2D eigenvalue weighted by Gasteiger charge is -2.75. The molecular weight excluding hydrogens is 1450 g/mol. The van der Waals surface area contributed by atoms with Crippen molar-refractivity contribution in [2.75, 3.05) is 0 Å². The maximum absolute atomic E-state index is 5.97. The molecule has 0 heteroatoms. The molecule has 0 N–H and O–H groups in total. The van der Waals surface area contributed by atoms with Crippen LogP contribution in [0, 0.1) is 160 Å². The normalized spacial score (nSPS) is 37.1. The Morgan fingerprint density at radius 2 is 0.694 bits per heavy atom. The van der Waals surface area contributed by atoms with Gasteiger partial charge >= 0.3 is 0 Å². The van der Waals surface area contributed by atoms with E-state index < -0.39 is 0 Å². The van der Waals surface area contributed by atoms with E-state index in [-0.39, 0.29) is 10.8 Å². The predicted octanol–water partition coefficient (Wildman–Crippen LogP) is 33.3. The van der Waals surface area contributed by atoms with Crippen molar-refractivity contribution in [3.05, 3.63) is 250 Å². The monoisotopic (exact) mass is 1610 g/mol. The van der Waals surface area contributed by atoms with Crippen molar-refractivity contribution in [3.63, 3.8) is 0 Å². The zero-order chi connectivity index (χ0) is 84.2. The molecule has 0 nitrogen and oxygen atoms in total. The van der Waals surface area contributed by atoms with Crippen molar-refractivity contribution in [1.29, 1.82) is 0 Å². The summed E-state index contributed by atoms with van der Waals surface area (Å²) in [7, 11) is 0. The number of unbranched alkanes of at least 4 members (excludes halogenated alkanes) is 10. The predicted molar refractivity (Wildman–Crippen MR) is 516 cm³/mol. The summed E-state index contributed by atoms with van der Waals surface area (Å²) >= 11 is 0. The fourth-order valence-corrected chi connectivity index (χ4v) is 34.7. The Labute approximate surface area is 736 Å². The highest BCUT2D eigenvalue weighted by atomic mass is 14.8. The van der Waals surface area contributed by atoms with Gasteiger partial charge in [-0.2, -0.15) is 0 Å². The second-order valence-electron chi connectivity index (χ2n) is 45.1. The molecule has 7 aromatic rings. The lowest BCUT2D eigenvalue weighted by Crippen LogP contribution is -2.68. The third-order valence-electron chi connectivity index (χ3n) is 38.7. The molecule has 0 atom stereocenters. The third-order valence-corrected chi connectivity index (χ3v) is 38.7. The van der Waals surface area contributed by atoms with Crippen molar-refractivity contribution < 1.29 is 0 Å². The number of benzene rings is 7. The van der Waals surface area contributed by atoms with Crippen molar-refractivity contribution in [1.82, 2.24) is 0 Å². The van der Waals surface area contributed by atoms with E-state index in [2.05, 4.69) is 257 Å². The number of allylic oxidation sites excluding steroid dienone is 2. The molecule has 21 saturated carbocycles. The highest BCUT2D eigenvalue weighted by molar-refractivity contribution is 5.86. The van der Waals surface area contributed by atoms with Gasteiger partial charge in [0, 0.05) is 10.8 Å². The molecule has 0 heterocycles. The SMILES string of the molecule is C#CC12CC3C4CC5(C(C)=CC)CC3C(C1)C(C5)C4C2.C=Cc1ccc(C=C)c(C23CC4C5CC6(C)CC4C(C2)C(C6)C5C3)c1.CC.CC.CC12CC3C4CC5(C)CC3C(C1)C(C5)C4C2.CCCCCCCCC1(CCCCCCCC)c2cc(C)ccc2-c2ccc(C)cc21.c1ccc(C2(c3ccccc3)c3ccccc3-c3ccccc32)cc1. The molecule has 7 aromatic carbocycles. The van der Waals surface area contributed by atoms with Gasteiger partial charge in [0.1, 0.15) is 0 Å². The fraction of sp³-hybridized carbons (Fsp3) is 0.587. The van der Waals surface area contributed by atoms with Crippen molar-refractivity contribution in [2.24, 2.45) is 134 Å². The van der Waals surface area contributed by atoms with Gasteiger partial charge in [0.05, 0.1) is 5.41 Å². The van der Waals surface area contributed by atoms with Crippen LogP contribution in [0.3, 0.4) is 0 Å². The Hall–Kier alpha value is -6.68. The molecule has 0 amide bonds. The average Bonchev–Trinajstić information content (AvgIpc) is 1.38. The minimum Gasteiger partial charge on any atom is -0.120 e. The summed E-state index contributed by atoms with van der Waals surface area (Å²) in [4.78, 5) is 0. The number of hydrogen-bond donors (Lipinski definition) is 0. The number of rotatable bonds is 20. The minimum atomic E-state index is -0.254. The molecule has 23 aliphatic carbocycles. The first-order valence-corrected chi connectivity index (χ1v) is 50.8. The van der Waals surface area contributed by atoms with Gasteiger partial charge < -0.3 is 0 Å². The van der Waals surface area contributed by atoms with Gasteiger partial charge in [-0.1, -0.05) is 357 Å². The number of hydrogen-bond acceptors (Lipinski definition) is 0. The van der Waals surface area contributed by atoms with Crippen molar-refractivity contribution >= 4 is 12.2 Å². The topological polar surface area (TPSA) is 0 Å². The van der Waals surface area contributed by atoms with E-state index in [0.717, 1.165) is 81.8 Å². The maximum atomic E-state index is 5.97. The van der Waals surface area contributed by atoms with E-state index in [4.69, 9.17) is 6.42 Å². The third kappa shape index (κ3) is 14.1. The van der Waals surface area contributed by atoms with Gasteiger partial charge in [-0.15, -0.1) is 6.42 Å². The second-order valence-corrected chi connectivity index (χ2v) is 45.1. The van der Waals surface area contributed by atoms with E-state index >= 15 is 0 Å². The largest absolute Gasteiger partial charge is 0.120 e. The first kappa shape index (κ1) is 85.1. The number of terminal acetylenes is 1. The van der Waals surface area contributed by atoms with Gasteiger partial charge in [-0.25, -0.2) is 0 Å². The van der Waals surface area contributed by atoms with Crippen LogP contribution in [-0.2, 0) is 16.2 Å². The van der Waals surface area contributed by atoms with Crippen molar-refractivity contribution in [2.45, 2.75) is 312 Å². The first-order valence-electron chi connectivity index (χ1n) is 50.8. The molecule has 0 radical (unpaired) electrons. The zero-order valence-corrected chi connectivity index (χ0v) is 77.8. The first-order chi connectivity index (χ1) is 58.8. The fourth-order valence-electron chi connectivity index (χ4n) is 34.7. The zero-order valence-electron chi connectivity index (χ0n) is 77.8. The van der Waals surface area contributed by atoms with Crippen LogP contribution in [0.4, 0.5) is 0 Å². The summed E-state index contributed by atoms with van der Waals surface area (Å²) in [5, 5.41) is 0. The average molecular weight is 1610 g/mol. The highest BCUT2D eigenvalue weighted by Gasteiger charge is 2.73. The molecule has 0 aliphatic heterocycles. The van der Waals surface area contributed by atoms with Crippen LogP contribution in [0.5, 0.6) is 0 Å². The standard InChI is InChI=1S/C31H46.C25H30.C25H18.C20H26.C16H24.2C2H6/c1-5-7-9-11-13-15-21-31(22-16-14-12-10-8-6-2)29-23-25(3)17-19-27(29)28-20-18-26(4)24-30(28)31;1-4-15-6-7-16(5-2)23(8-15)25-12-20-17-9-24(3)10-18(20)22(14-25)19(11-24)21(17)13-25;1-3-11-19(12-4-1)25(20-13-5-2-6-14-20)23-17-9-7-15-21(23)22-16-8-10-18-24(22)25;1-4-12(3)20-9-16-13-6-19(5-2)7-14(16)18(11-20)15(8-19)17(13)10-20;1-15-3-9-12-6-16(2)7-13(9)11(5-15)14(8-16)10(12)4-15;2*1-2/h17-20,23-24H,5-16,21-22H2,1-4H3;4-8,17-22H,1-2,9-14H2,3H3;1-18H;2,4,13-18H,6-11H2,1,3H3;9-14H,3-8H2,1-2H3;2*1-2H3. The van der Waals surface area contributed by atoms with Gasteiger partial charge in [0.15, 0.2) is 0 Å². The van der Waals surface area contributed by atoms with Crippen LogP contribution in [0.25, 0.3) is 34.4 Å². The van der Waals surface area contributed by atoms with E-state index in [1.807, 2.05) is 33.8 Å². The lowest BCUT2D eigenvalue weighted by atomic mass is 9.30. The van der Waals surface area contributed by atoms with E-state index in [1.54, 1.807) is 80.1 Å². The van der Waals surface area contributed by atoms with E-state index in [9.17, 15) is 0 Å². The molecule has 0 spiro atoms. The summed E-state index contributed by atoms with van der Waals surface area (Å²) in [6.45, 7) is 37.8. The molecule has 0 saturated heterocycles. The molecule has 640 valence electrons. The van der Waals surface area contributed by atoms with Gasteiger partial charge in [-0.3, -0.25) is 0 Å². The molecule has 30 rings (SSSR count). The second kappa shape index (κ2) is 33.6. The Bertz CT molecular complexity index is 4550. The summed E-state index contributed by atoms with van der Waals surface area (Å²) in [6.07, 6.45) is 59.0. The summed E-state index contributed by atoms with van der Waals surface area (Å²) < 4.78 is 0. The summed E-state index contributed by atoms with van der Waals surface area (Å²) in [5.41, 5.74) is 26.8. The van der Waals surface area contributed by atoms with Crippen LogP contribution in [0.1, 0.15) is 343 Å². The Kier molecular flexibility index (Phi) is 23.6. The maximum Gasteiger partial charge on any atom is 0.0713 e. The van der Waals surface area contributed by atoms with E-state index in [1.165, 1.54) is 250 Å². The molecule has 24 bridgehead atoms. The Morgan fingerprint density at radius 1 is 0.364 bits per heavy atom. The quantitative estimate of drug-likeness (QED) is 0.0405. The summed E-state index contributed by atoms with van der Waals surface area (Å²) in [6, 6.07) is 60.9. The van der Waals surface area contributed by atoms with Crippen LogP contribution in [0.15, 0.2) is 189 Å². The van der Waals surface area contributed by atoms with Gasteiger partial charge in [0.2, 0.25) is 0 Å². The Morgan fingerprint density at radius 3 is 1.05 bits per heavy atom. The van der Waals surface area contributed by atoms with Crippen LogP contribution in [0.2, 0.25) is 0 Å². The Balaban J connectivity index is 0.000000104. The minimum absolute atomic E-state index is 0.234. The van der Waals surface area contributed by atoms with Crippen LogP contribution < -0.4 is 0 Å². The smallest absolute Gasteiger partial charge is 0.0713 e. The molecule has 121 heavy (non-hydrogen) atoms. The lowest BCUT2D eigenvalue weighted by molar-refractivity contribution is -0.249. The molecular formula is C121H156. The molecule has 21 fully saturated rings. The van der Waals surface area contributed by atoms with Crippen LogP contribution in [-0.4, -0.2) is 0 Å². The number of aryl methyl sites for hydroxylation is 2. The molecule has 0 unspecified atom stereocenters.